The maximum atomic E-state index is 11.6. The summed E-state index contributed by atoms with van der Waals surface area (Å²) in [6.45, 7) is 1.81. The molecule has 9 nitrogen and oxygen atoms in total. The first kappa shape index (κ1) is 15.0. The lowest BCUT2D eigenvalue weighted by Gasteiger charge is -2.10. The molecule has 1 saturated heterocycles. The summed E-state index contributed by atoms with van der Waals surface area (Å²) in [5.41, 5.74) is 5.24. The van der Waals surface area contributed by atoms with Crippen molar-refractivity contribution in [1.29, 1.82) is 0 Å². The number of carbonyl (C=O) groups excluding carboxylic acids is 3. The Morgan fingerprint density at radius 2 is 2.05 bits per heavy atom. The van der Waals surface area contributed by atoms with E-state index in [1.807, 2.05) is 0 Å². The number of hydrogen-bond acceptors (Lipinski definition) is 8. The van der Waals surface area contributed by atoms with Crippen molar-refractivity contribution in [3.8, 4) is 0 Å². The molecule has 1 aliphatic heterocycles. The van der Waals surface area contributed by atoms with E-state index in [9.17, 15) is 22.8 Å². The Bertz CT molecular complexity index is 566. The average Bonchev–Trinajstić information content (AvgIpc) is 2.99. The molecular weight excluding hydrogens is 292 g/mol. The maximum absolute atomic E-state index is 11.6. The van der Waals surface area contributed by atoms with Crippen molar-refractivity contribution in [3.63, 3.8) is 0 Å². The molecule has 2 rings (SSSR count). The van der Waals surface area contributed by atoms with Crippen LogP contribution in [0.4, 0.5) is 0 Å². The molecule has 0 bridgehead atoms. The van der Waals surface area contributed by atoms with Crippen LogP contribution in [0.1, 0.15) is 26.2 Å². The predicted molar refractivity (Wildman–Crippen MR) is 63.8 cm³/mol. The van der Waals surface area contributed by atoms with Crippen molar-refractivity contribution in [2.45, 2.75) is 43.2 Å². The highest BCUT2D eigenvalue weighted by Gasteiger charge is 2.49. The maximum Gasteiger partial charge on any atom is 0.307 e. The number of carbonyl (C=O) groups is 3. The van der Waals surface area contributed by atoms with Crippen LogP contribution >= 0.6 is 0 Å². The third-order valence-electron chi connectivity index (χ3n) is 3.24. The Morgan fingerprint density at radius 1 is 1.45 bits per heavy atom. The highest BCUT2D eigenvalue weighted by atomic mass is 32.2. The van der Waals surface area contributed by atoms with Gasteiger partial charge >= 0.3 is 5.97 Å². The number of ketones is 2. The van der Waals surface area contributed by atoms with Gasteiger partial charge in [-0.1, -0.05) is 0 Å². The van der Waals surface area contributed by atoms with Crippen LogP contribution in [0.3, 0.4) is 0 Å². The van der Waals surface area contributed by atoms with Crippen molar-refractivity contribution in [1.82, 2.24) is 10.9 Å². The van der Waals surface area contributed by atoms with Crippen molar-refractivity contribution >= 4 is 27.7 Å². The van der Waals surface area contributed by atoms with Gasteiger partial charge in [0.15, 0.2) is 11.0 Å². The zero-order chi connectivity index (χ0) is 15.1. The lowest BCUT2D eigenvalue weighted by molar-refractivity contribution is -0.157. The van der Waals surface area contributed by atoms with Gasteiger partial charge in [0.05, 0.1) is 5.66 Å². The van der Waals surface area contributed by atoms with E-state index in [4.69, 9.17) is 9.29 Å². The minimum Gasteiger partial charge on any atom is -0.446 e. The van der Waals surface area contributed by atoms with Gasteiger partial charge in [-0.25, -0.2) is 10.9 Å². The second-order valence-electron chi connectivity index (χ2n) is 5.03. The van der Waals surface area contributed by atoms with E-state index in [0.717, 1.165) is 0 Å². The quantitative estimate of drug-likeness (QED) is 0.233. The normalized spacial score (nSPS) is 28.5. The third-order valence-corrected chi connectivity index (χ3v) is 4.36. The van der Waals surface area contributed by atoms with E-state index >= 15 is 0 Å². The fourth-order valence-electron chi connectivity index (χ4n) is 1.87. The van der Waals surface area contributed by atoms with Crippen molar-refractivity contribution < 1.29 is 32.1 Å². The lowest BCUT2D eigenvalue weighted by Crippen LogP contribution is -2.34. The molecule has 0 spiro atoms. The van der Waals surface area contributed by atoms with Gasteiger partial charge in [0.1, 0.15) is 0 Å². The minimum atomic E-state index is -4.66. The molecule has 1 heterocycles. The summed E-state index contributed by atoms with van der Waals surface area (Å²) >= 11 is 0. The van der Waals surface area contributed by atoms with Crippen LogP contribution in [0.2, 0.25) is 0 Å². The molecular formula is C10H14N2O7S. The summed E-state index contributed by atoms with van der Waals surface area (Å²) < 4.78 is 35.4. The fourth-order valence-corrected chi connectivity index (χ4v) is 2.66. The molecule has 2 fully saturated rings. The fraction of sp³-hybridized carbons (Fsp3) is 0.700. The molecule has 0 amide bonds. The summed E-state index contributed by atoms with van der Waals surface area (Å²) in [6, 6.07) is 0. The summed E-state index contributed by atoms with van der Waals surface area (Å²) in [4.78, 5) is 34.7. The third kappa shape index (κ3) is 3.20. The number of rotatable bonds is 5. The van der Waals surface area contributed by atoms with Crippen LogP contribution in [0.25, 0.3) is 0 Å². The summed E-state index contributed by atoms with van der Waals surface area (Å²) in [5, 5.41) is -1.84. The predicted octanol–water partition coefficient (Wildman–Crippen LogP) is -1.70. The Balaban J connectivity index is 1.93. The van der Waals surface area contributed by atoms with Crippen molar-refractivity contribution in [2.75, 3.05) is 0 Å². The minimum absolute atomic E-state index is 0.0376. The van der Waals surface area contributed by atoms with Gasteiger partial charge in [0, 0.05) is 12.8 Å². The van der Waals surface area contributed by atoms with Gasteiger partial charge < -0.3 is 4.74 Å². The molecule has 0 aromatic heterocycles. The number of ether oxygens (including phenoxy) is 1. The molecule has 2 atom stereocenters. The summed E-state index contributed by atoms with van der Waals surface area (Å²) in [6.07, 6.45) is -2.05. The number of hydrazine groups is 1. The van der Waals surface area contributed by atoms with Gasteiger partial charge in [0.2, 0.25) is 11.9 Å². The van der Waals surface area contributed by atoms with Crippen LogP contribution in [0.15, 0.2) is 0 Å². The van der Waals surface area contributed by atoms with Crippen LogP contribution in [0.5, 0.6) is 0 Å². The smallest absolute Gasteiger partial charge is 0.307 e. The van der Waals surface area contributed by atoms with E-state index in [-0.39, 0.29) is 12.1 Å². The summed E-state index contributed by atoms with van der Waals surface area (Å²) in [5.74, 6) is -2.69. The van der Waals surface area contributed by atoms with E-state index in [2.05, 4.69) is 10.9 Å². The second kappa shape index (κ2) is 4.88. The monoisotopic (exact) mass is 306 g/mol. The van der Waals surface area contributed by atoms with Gasteiger partial charge in [-0.2, -0.15) is 8.42 Å². The molecule has 2 aliphatic rings. The first-order valence-electron chi connectivity index (χ1n) is 5.89. The molecule has 2 unspecified atom stereocenters. The zero-order valence-electron chi connectivity index (χ0n) is 10.6. The first-order chi connectivity index (χ1) is 9.12. The average molecular weight is 306 g/mol. The Morgan fingerprint density at radius 3 is 2.50 bits per heavy atom. The number of esters is 1. The molecule has 112 valence electrons. The number of Topliss-reactive ketones (excluding diaryl/α,β-unsaturated/α-hetero) is 2. The van der Waals surface area contributed by atoms with E-state index < -0.39 is 45.4 Å². The van der Waals surface area contributed by atoms with Crippen LogP contribution < -0.4 is 10.9 Å². The molecule has 0 radical (unpaired) electrons. The van der Waals surface area contributed by atoms with Crippen molar-refractivity contribution in [3.05, 3.63) is 0 Å². The van der Waals surface area contributed by atoms with Gasteiger partial charge in [0.25, 0.3) is 10.1 Å². The SMILES string of the molecule is CC1(CCC(=O)OC2C(=O)CC(S(=O)(=O)O)C2=O)NN1. The number of nitrogens with one attached hydrogen (secondary N) is 2. The van der Waals surface area contributed by atoms with Gasteiger partial charge in [-0.15, -0.1) is 0 Å². The molecule has 0 aromatic rings. The highest BCUT2D eigenvalue weighted by molar-refractivity contribution is 7.87. The molecule has 1 saturated carbocycles. The first-order valence-corrected chi connectivity index (χ1v) is 7.39. The van der Waals surface area contributed by atoms with Crippen molar-refractivity contribution in [2.24, 2.45) is 0 Å². The van der Waals surface area contributed by atoms with E-state index in [0.29, 0.717) is 6.42 Å². The highest BCUT2D eigenvalue weighted by Crippen LogP contribution is 2.22. The Hall–Kier alpha value is -1.36. The lowest BCUT2D eigenvalue weighted by atomic mass is 10.1. The Kier molecular flexibility index (Phi) is 3.67. The second-order valence-corrected chi connectivity index (χ2v) is 6.63. The van der Waals surface area contributed by atoms with Gasteiger partial charge in [-0.05, 0) is 13.3 Å². The van der Waals surface area contributed by atoms with E-state index in [1.165, 1.54) is 0 Å². The Labute approximate surface area is 114 Å². The molecule has 20 heavy (non-hydrogen) atoms. The molecule has 0 aromatic carbocycles. The number of hydrogen-bond donors (Lipinski definition) is 3. The molecule has 3 N–H and O–H groups in total. The standard InChI is InChI=1S/C10H14N2O7S/c1-10(11-12-10)3-2-7(14)19-9-5(13)4-6(8(9)15)20(16,17)18/h6,9,11-12H,2-4H2,1H3,(H,16,17,18). The van der Waals surface area contributed by atoms with Crippen LogP contribution in [-0.4, -0.2) is 47.5 Å². The van der Waals surface area contributed by atoms with Crippen LogP contribution in [-0.2, 0) is 29.2 Å². The molecule has 1 aliphatic carbocycles. The topological polar surface area (TPSA) is 159 Å². The largest absolute Gasteiger partial charge is 0.446 e. The summed E-state index contributed by atoms with van der Waals surface area (Å²) in [7, 11) is -4.66. The zero-order valence-corrected chi connectivity index (χ0v) is 11.4. The van der Waals surface area contributed by atoms with Crippen LogP contribution in [0, 0.1) is 0 Å². The molecule has 10 heteroatoms. The van der Waals surface area contributed by atoms with Gasteiger partial charge in [-0.3, -0.25) is 18.9 Å². The van der Waals surface area contributed by atoms with E-state index in [1.54, 1.807) is 6.92 Å².